The maximum Gasteiger partial charge on any atom is 0.256 e. The Morgan fingerprint density at radius 1 is 1.10 bits per heavy atom. The summed E-state index contributed by atoms with van der Waals surface area (Å²) in [6.45, 7) is 5.84. The molecule has 1 aromatic carbocycles. The summed E-state index contributed by atoms with van der Waals surface area (Å²) in [5.41, 5.74) is 1.57. The fraction of sp³-hybridized carbons (Fsp3) is 0.619. The van der Waals surface area contributed by atoms with E-state index in [9.17, 15) is 9.59 Å². The van der Waals surface area contributed by atoms with Gasteiger partial charge in [-0.2, -0.15) is 0 Å². The molecule has 0 radical (unpaired) electrons. The first kappa shape index (κ1) is 26.7. The number of methoxy groups -OCH3 is 1. The van der Waals surface area contributed by atoms with Crippen molar-refractivity contribution in [3.8, 4) is 0 Å². The van der Waals surface area contributed by atoms with E-state index in [1.807, 2.05) is 25.1 Å². The zero-order valence-corrected chi connectivity index (χ0v) is 19.4. The molecule has 3 rings (SSSR count). The van der Waals surface area contributed by atoms with Crippen molar-refractivity contribution in [1.29, 1.82) is 0 Å². The van der Waals surface area contributed by atoms with Gasteiger partial charge in [-0.1, -0.05) is 12.5 Å². The molecule has 2 aliphatic rings. The van der Waals surface area contributed by atoms with E-state index >= 15 is 0 Å². The van der Waals surface area contributed by atoms with E-state index in [1.54, 1.807) is 7.11 Å². The molecule has 3 N–H and O–H groups in total. The highest BCUT2D eigenvalue weighted by molar-refractivity contribution is 5.99. The molecule has 0 bridgehead atoms. The van der Waals surface area contributed by atoms with E-state index in [2.05, 4.69) is 20.9 Å². The molecule has 9 heteroatoms. The third-order valence-electron chi connectivity index (χ3n) is 5.80. The van der Waals surface area contributed by atoms with Crippen molar-refractivity contribution < 1.29 is 14.3 Å². The summed E-state index contributed by atoms with van der Waals surface area (Å²) in [5.74, 6) is -0.147. The van der Waals surface area contributed by atoms with E-state index in [4.69, 9.17) is 4.74 Å². The van der Waals surface area contributed by atoms with Gasteiger partial charge in [0.05, 0.1) is 6.54 Å². The summed E-state index contributed by atoms with van der Waals surface area (Å²) in [6.07, 6.45) is 4.84. The highest BCUT2D eigenvalue weighted by Crippen LogP contribution is 2.26. The molecular formula is C21H34Cl2N4O3. The van der Waals surface area contributed by atoms with Crippen LogP contribution in [0.5, 0.6) is 0 Å². The van der Waals surface area contributed by atoms with Gasteiger partial charge in [-0.25, -0.2) is 0 Å². The van der Waals surface area contributed by atoms with Crippen LogP contribution in [0.2, 0.25) is 0 Å². The first-order valence-electron chi connectivity index (χ1n) is 10.2. The van der Waals surface area contributed by atoms with Crippen molar-refractivity contribution >= 4 is 48.0 Å². The molecule has 2 heterocycles. The Hall–Kier alpha value is -1.38. The van der Waals surface area contributed by atoms with Crippen LogP contribution in [0.3, 0.4) is 0 Å². The minimum absolute atomic E-state index is 0. The van der Waals surface area contributed by atoms with Gasteiger partial charge in [0, 0.05) is 18.5 Å². The molecule has 2 saturated heterocycles. The van der Waals surface area contributed by atoms with Crippen LogP contribution in [0.15, 0.2) is 18.2 Å². The van der Waals surface area contributed by atoms with Crippen molar-refractivity contribution in [2.75, 3.05) is 50.5 Å². The number of carbonyl (C=O) groups excluding carboxylic acids is 2. The second-order valence-corrected chi connectivity index (χ2v) is 7.82. The van der Waals surface area contributed by atoms with E-state index in [0.717, 1.165) is 50.3 Å². The van der Waals surface area contributed by atoms with Gasteiger partial charge in [0.15, 0.2) is 0 Å². The SMILES string of the molecule is COC1(C(=O)Nc2ccc(C)c(NC(=O)CN3CCCCC3)c2)CCNCC1.Cl.Cl. The second kappa shape index (κ2) is 12.5. The van der Waals surface area contributed by atoms with Crippen LogP contribution in [0, 0.1) is 6.92 Å². The topological polar surface area (TPSA) is 82.7 Å². The Morgan fingerprint density at radius 3 is 2.40 bits per heavy atom. The Morgan fingerprint density at radius 2 is 1.77 bits per heavy atom. The number of amides is 2. The lowest BCUT2D eigenvalue weighted by atomic mass is 9.91. The van der Waals surface area contributed by atoms with Gasteiger partial charge < -0.3 is 20.7 Å². The minimum atomic E-state index is -0.798. The largest absolute Gasteiger partial charge is 0.368 e. The van der Waals surface area contributed by atoms with Crippen LogP contribution in [-0.4, -0.2) is 62.1 Å². The first-order valence-corrected chi connectivity index (χ1v) is 10.2. The van der Waals surface area contributed by atoms with Gasteiger partial charge in [-0.15, -0.1) is 24.8 Å². The number of likely N-dealkylation sites (tertiary alicyclic amines) is 1. The molecule has 0 spiro atoms. The summed E-state index contributed by atoms with van der Waals surface area (Å²) in [4.78, 5) is 27.5. The van der Waals surface area contributed by atoms with Crippen molar-refractivity contribution in [2.24, 2.45) is 0 Å². The number of rotatable bonds is 6. The fourth-order valence-corrected chi connectivity index (χ4v) is 3.94. The summed E-state index contributed by atoms with van der Waals surface area (Å²) in [5, 5.41) is 9.23. The molecule has 30 heavy (non-hydrogen) atoms. The Bertz CT molecular complexity index is 705. The van der Waals surface area contributed by atoms with Gasteiger partial charge in [-0.05, 0) is 76.5 Å². The molecule has 0 aliphatic carbocycles. The van der Waals surface area contributed by atoms with E-state index < -0.39 is 5.60 Å². The van der Waals surface area contributed by atoms with Crippen molar-refractivity contribution in [2.45, 2.75) is 44.6 Å². The number of piperidine rings is 2. The van der Waals surface area contributed by atoms with Crippen LogP contribution < -0.4 is 16.0 Å². The molecule has 2 amide bonds. The first-order chi connectivity index (χ1) is 13.5. The maximum atomic E-state index is 12.8. The second-order valence-electron chi connectivity index (χ2n) is 7.82. The van der Waals surface area contributed by atoms with E-state index in [1.165, 1.54) is 6.42 Å². The fourth-order valence-electron chi connectivity index (χ4n) is 3.94. The number of hydrogen-bond donors (Lipinski definition) is 3. The van der Waals surface area contributed by atoms with E-state index in [0.29, 0.717) is 25.1 Å². The van der Waals surface area contributed by atoms with Crippen molar-refractivity contribution in [3.05, 3.63) is 23.8 Å². The predicted octanol–water partition coefficient (Wildman–Crippen LogP) is 2.97. The molecule has 0 aromatic heterocycles. The molecule has 2 aliphatic heterocycles. The third kappa shape index (κ3) is 6.82. The summed E-state index contributed by atoms with van der Waals surface area (Å²) in [6, 6.07) is 5.59. The van der Waals surface area contributed by atoms with Crippen LogP contribution in [-0.2, 0) is 14.3 Å². The van der Waals surface area contributed by atoms with Crippen LogP contribution in [0.1, 0.15) is 37.7 Å². The zero-order valence-electron chi connectivity index (χ0n) is 17.8. The predicted molar refractivity (Wildman–Crippen MR) is 125 cm³/mol. The van der Waals surface area contributed by atoms with Crippen LogP contribution >= 0.6 is 24.8 Å². The van der Waals surface area contributed by atoms with Gasteiger partial charge in [0.2, 0.25) is 5.91 Å². The Labute approximate surface area is 191 Å². The summed E-state index contributed by atoms with van der Waals surface area (Å²) >= 11 is 0. The molecule has 0 unspecified atom stereocenters. The lowest BCUT2D eigenvalue weighted by Gasteiger charge is -2.34. The van der Waals surface area contributed by atoms with Gasteiger partial charge in [0.1, 0.15) is 5.60 Å². The number of aryl methyl sites for hydroxylation is 1. The van der Waals surface area contributed by atoms with Crippen LogP contribution in [0.25, 0.3) is 0 Å². The number of carbonyl (C=O) groups is 2. The molecule has 0 saturated carbocycles. The lowest BCUT2D eigenvalue weighted by Crippen LogP contribution is -2.51. The van der Waals surface area contributed by atoms with Crippen molar-refractivity contribution in [1.82, 2.24) is 10.2 Å². The molecule has 0 atom stereocenters. The monoisotopic (exact) mass is 460 g/mol. The maximum absolute atomic E-state index is 12.8. The van der Waals surface area contributed by atoms with Gasteiger partial charge >= 0.3 is 0 Å². The average molecular weight is 461 g/mol. The number of nitrogens with one attached hydrogen (secondary N) is 3. The quantitative estimate of drug-likeness (QED) is 0.607. The Kier molecular flexibility index (Phi) is 11.1. The number of benzene rings is 1. The number of halogens is 2. The minimum Gasteiger partial charge on any atom is -0.368 e. The third-order valence-corrected chi connectivity index (χ3v) is 5.80. The molecule has 1 aromatic rings. The average Bonchev–Trinajstić information content (AvgIpc) is 2.71. The van der Waals surface area contributed by atoms with E-state index in [-0.39, 0.29) is 36.6 Å². The summed E-state index contributed by atoms with van der Waals surface area (Å²) in [7, 11) is 1.59. The number of nitrogens with zero attached hydrogens (tertiary/aromatic N) is 1. The number of anilines is 2. The smallest absolute Gasteiger partial charge is 0.256 e. The van der Waals surface area contributed by atoms with Crippen molar-refractivity contribution in [3.63, 3.8) is 0 Å². The zero-order chi connectivity index (χ0) is 20.0. The molecule has 7 nitrogen and oxygen atoms in total. The Balaban J connectivity index is 0.00000225. The lowest BCUT2D eigenvalue weighted by molar-refractivity contribution is -0.140. The van der Waals surface area contributed by atoms with Gasteiger partial charge in [0.25, 0.3) is 5.91 Å². The van der Waals surface area contributed by atoms with Crippen LogP contribution in [0.4, 0.5) is 11.4 Å². The standard InChI is InChI=1S/C21H32N4O3.2ClH/c1-16-6-7-17(23-20(27)21(28-2)8-10-22-11-9-21)14-18(16)24-19(26)15-25-12-4-3-5-13-25;;/h6-7,14,22H,3-5,8-13,15H2,1-2H3,(H,23,27)(H,24,26);2*1H. The van der Waals surface area contributed by atoms with Gasteiger partial charge in [-0.3, -0.25) is 14.5 Å². The molecular weight excluding hydrogens is 427 g/mol. The molecule has 170 valence electrons. The highest BCUT2D eigenvalue weighted by Gasteiger charge is 2.39. The highest BCUT2D eigenvalue weighted by atomic mass is 35.5. The number of hydrogen-bond acceptors (Lipinski definition) is 5. The number of ether oxygens (including phenoxy) is 1. The molecule has 2 fully saturated rings. The summed E-state index contributed by atoms with van der Waals surface area (Å²) < 4.78 is 5.59. The normalized spacial score (nSPS) is 18.5.